The Balaban J connectivity index is 1.51. The molecule has 0 amide bonds. The van der Waals surface area contributed by atoms with Crippen molar-refractivity contribution in [2.75, 3.05) is 19.7 Å². The van der Waals surface area contributed by atoms with E-state index in [-0.39, 0.29) is 4.90 Å². The molecule has 2 aliphatic rings. The van der Waals surface area contributed by atoms with Crippen LogP contribution >= 0.6 is 0 Å². The molecular weight excluding hydrogens is 328 g/mol. The smallest absolute Gasteiger partial charge is 0.250 e. The number of piperidine rings is 1. The molecule has 2 aliphatic heterocycles. The molecule has 0 N–H and O–H groups in total. The van der Waals surface area contributed by atoms with Crippen molar-refractivity contribution in [1.82, 2.24) is 19.1 Å². The third kappa shape index (κ3) is 2.69. The molecule has 2 aromatic heterocycles. The zero-order valence-corrected chi connectivity index (χ0v) is 14.2. The van der Waals surface area contributed by atoms with Crippen LogP contribution in [0.3, 0.4) is 0 Å². The van der Waals surface area contributed by atoms with E-state index in [2.05, 4.69) is 10.1 Å². The van der Waals surface area contributed by atoms with E-state index < -0.39 is 10.0 Å². The molecule has 1 fully saturated rings. The van der Waals surface area contributed by atoms with Gasteiger partial charge in [0, 0.05) is 38.4 Å². The number of pyridine rings is 1. The lowest BCUT2D eigenvalue weighted by molar-refractivity contribution is 0.223. The first kappa shape index (κ1) is 15.6. The van der Waals surface area contributed by atoms with Crippen LogP contribution in [0.1, 0.15) is 30.7 Å². The summed E-state index contributed by atoms with van der Waals surface area (Å²) in [7, 11) is -3.55. The van der Waals surface area contributed by atoms with Gasteiger partial charge in [-0.2, -0.15) is 9.40 Å². The topological polar surface area (TPSA) is 77.3 Å². The van der Waals surface area contributed by atoms with Crippen molar-refractivity contribution in [2.24, 2.45) is 0 Å². The van der Waals surface area contributed by atoms with Crippen LogP contribution in [0.4, 0.5) is 0 Å². The molecule has 0 saturated carbocycles. The van der Waals surface area contributed by atoms with Crippen molar-refractivity contribution in [3.05, 3.63) is 36.3 Å². The van der Waals surface area contributed by atoms with Gasteiger partial charge in [-0.3, -0.25) is 4.98 Å². The molecule has 0 radical (unpaired) electrons. The summed E-state index contributed by atoms with van der Waals surface area (Å²) in [6, 6.07) is 4.02. The molecule has 4 rings (SSSR count). The van der Waals surface area contributed by atoms with Gasteiger partial charge in [0.15, 0.2) is 4.90 Å². The summed E-state index contributed by atoms with van der Waals surface area (Å²) >= 11 is 0. The van der Waals surface area contributed by atoms with Crippen molar-refractivity contribution >= 4 is 10.0 Å². The lowest BCUT2D eigenvalue weighted by Gasteiger charge is -2.31. The molecule has 0 aliphatic carbocycles. The Morgan fingerprint density at radius 3 is 2.62 bits per heavy atom. The van der Waals surface area contributed by atoms with Gasteiger partial charge in [0.2, 0.25) is 15.9 Å². The highest BCUT2D eigenvalue weighted by atomic mass is 32.2. The summed E-state index contributed by atoms with van der Waals surface area (Å²) < 4.78 is 34.6. The van der Waals surface area contributed by atoms with Gasteiger partial charge in [-0.25, -0.2) is 13.1 Å². The van der Waals surface area contributed by atoms with Gasteiger partial charge in [-0.15, -0.1) is 0 Å². The molecule has 7 nitrogen and oxygen atoms in total. The van der Waals surface area contributed by atoms with Gasteiger partial charge in [-0.05, 0) is 36.5 Å². The van der Waals surface area contributed by atoms with Crippen molar-refractivity contribution in [2.45, 2.75) is 36.6 Å². The lowest BCUT2D eigenvalue weighted by atomic mass is 9.91. The van der Waals surface area contributed by atoms with Crippen LogP contribution < -0.4 is 4.74 Å². The number of sulfonamides is 1. The maximum Gasteiger partial charge on any atom is 0.250 e. The number of hydrogen-bond acceptors (Lipinski definition) is 5. The zero-order chi connectivity index (χ0) is 16.6. The van der Waals surface area contributed by atoms with Crippen LogP contribution in [0.5, 0.6) is 5.88 Å². The second-order valence-corrected chi connectivity index (χ2v) is 8.10. The van der Waals surface area contributed by atoms with Crippen LogP contribution in [0.15, 0.2) is 35.6 Å². The van der Waals surface area contributed by atoms with Crippen molar-refractivity contribution in [3.63, 3.8) is 0 Å². The fraction of sp³-hybridized carbons (Fsp3) is 0.500. The van der Waals surface area contributed by atoms with Gasteiger partial charge >= 0.3 is 0 Å². The average Bonchev–Trinajstić information content (AvgIpc) is 3.07. The van der Waals surface area contributed by atoms with Crippen molar-refractivity contribution in [1.29, 1.82) is 0 Å². The monoisotopic (exact) mass is 348 g/mol. The second kappa shape index (κ2) is 6.18. The first-order chi connectivity index (χ1) is 11.7. The first-order valence-electron chi connectivity index (χ1n) is 8.25. The molecule has 4 heterocycles. The van der Waals surface area contributed by atoms with E-state index in [0.717, 1.165) is 19.3 Å². The number of fused-ring (bicyclic) bond motifs is 1. The number of aryl methyl sites for hydroxylation is 1. The predicted octanol–water partition coefficient (Wildman–Crippen LogP) is 1.63. The van der Waals surface area contributed by atoms with E-state index in [1.807, 2.05) is 12.1 Å². The highest BCUT2D eigenvalue weighted by Crippen LogP contribution is 2.33. The average molecular weight is 348 g/mol. The van der Waals surface area contributed by atoms with Crippen LogP contribution in [0.2, 0.25) is 0 Å². The van der Waals surface area contributed by atoms with Gasteiger partial charge in [0.05, 0.1) is 12.8 Å². The standard InChI is InChI=1S/C16H20N4O3S/c21-24(22,15-12-18-20-8-1-11-23-16(15)20)19-9-4-14(5-10-19)13-2-6-17-7-3-13/h2-3,6-7,12,14H,1,4-5,8-11H2. The summed E-state index contributed by atoms with van der Waals surface area (Å²) in [4.78, 5) is 4.24. The maximum absolute atomic E-state index is 12.9. The Morgan fingerprint density at radius 1 is 1.12 bits per heavy atom. The Hall–Kier alpha value is -1.93. The van der Waals surface area contributed by atoms with E-state index in [0.29, 0.717) is 38.0 Å². The Bertz CT molecular complexity index is 811. The third-order valence-corrected chi connectivity index (χ3v) is 6.64. The highest BCUT2D eigenvalue weighted by Gasteiger charge is 2.34. The summed E-state index contributed by atoms with van der Waals surface area (Å²) in [6.07, 6.45) is 7.47. The molecule has 8 heteroatoms. The van der Waals surface area contributed by atoms with E-state index in [1.165, 1.54) is 11.8 Å². The summed E-state index contributed by atoms with van der Waals surface area (Å²) in [5.74, 6) is 0.772. The third-order valence-electron chi connectivity index (χ3n) is 4.76. The SMILES string of the molecule is O=S(=O)(c1cnn2c1OCCC2)N1CCC(c2ccncc2)CC1. The van der Waals surface area contributed by atoms with Crippen LogP contribution in [-0.4, -0.2) is 47.2 Å². The number of aromatic nitrogens is 3. The van der Waals surface area contributed by atoms with Gasteiger partial charge in [0.25, 0.3) is 0 Å². The minimum Gasteiger partial charge on any atom is -0.477 e. The summed E-state index contributed by atoms with van der Waals surface area (Å²) in [5, 5.41) is 4.16. The van der Waals surface area contributed by atoms with Gasteiger partial charge < -0.3 is 4.74 Å². The number of nitrogens with zero attached hydrogens (tertiary/aromatic N) is 4. The van der Waals surface area contributed by atoms with Gasteiger partial charge in [-0.1, -0.05) is 0 Å². The minimum absolute atomic E-state index is 0.199. The highest BCUT2D eigenvalue weighted by molar-refractivity contribution is 7.89. The zero-order valence-electron chi connectivity index (χ0n) is 13.3. The fourth-order valence-electron chi connectivity index (χ4n) is 3.43. The largest absolute Gasteiger partial charge is 0.477 e. The normalized spacial score (nSPS) is 19.7. The Labute approximate surface area is 141 Å². The van der Waals surface area contributed by atoms with E-state index in [4.69, 9.17) is 4.74 Å². The Morgan fingerprint density at radius 2 is 1.88 bits per heavy atom. The first-order valence-corrected chi connectivity index (χ1v) is 9.69. The number of ether oxygens (including phenoxy) is 1. The molecule has 24 heavy (non-hydrogen) atoms. The van der Waals surface area contributed by atoms with Crippen LogP contribution in [-0.2, 0) is 16.6 Å². The molecule has 128 valence electrons. The van der Waals surface area contributed by atoms with Crippen molar-refractivity contribution in [3.8, 4) is 5.88 Å². The second-order valence-electron chi connectivity index (χ2n) is 6.20. The Kier molecular flexibility index (Phi) is 4.01. The van der Waals surface area contributed by atoms with Crippen molar-refractivity contribution < 1.29 is 13.2 Å². The fourth-order valence-corrected chi connectivity index (χ4v) is 4.96. The maximum atomic E-state index is 12.9. The number of hydrogen-bond donors (Lipinski definition) is 0. The molecule has 0 spiro atoms. The predicted molar refractivity (Wildman–Crippen MR) is 87.3 cm³/mol. The van der Waals surface area contributed by atoms with Gasteiger partial charge in [0.1, 0.15) is 0 Å². The number of rotatable bonds is 3. The van der Waals surface area contributed by atoms with E-state index >= 15 is 0 Å². The van der Waals surface area contributed by atoms with Crippen LogP contribution in [0.25, 0.3) is 0 Å². The molecule has 0 atom stereocenters. The molecule has 0 unspecified atom stereocenters. The van der Waals surface area contributed by atoms with E-state index in [1.54, 1.807) is 21.4 Å². The minimum atomic E-state index is -3.55. The van der Waals surface area contributed by atoms with Crippen LogP contribution in [0, 0.1) is 0 Å². The summed E-state index contributed by atoms with van der Waals surface area (Å²) in [6.45, 7) is 2.27. The lowest BCUT2D eigenvalue weighted by Crippen LogP contribution is -2.38. The quantitative estimate of drug-likeness (QED) is 0.842. The molecule has 0 bridgehead atoms. The molecule has 1 saturated heterocycles. The molecular formula is C16H20N4O3S. The summed E-state index contributed by atoms with van der Waals surface area (Å²) in [5.41, 5.74) is 1.23. The molecule has 2 aromatic rings. The van der Waals surface area contributed by atoms with E-state index in [9.17, 15) is 8.42 Å². The molecule has 0 aromatic carbocycles.